The molecule has 0 amide bonds. The van der Waals surface area contributed by atoms with E-state index in [9.17, 15) is 4.79 Å². The second-order valence-corrected chi connectivity index (χ2v) is 5.98. The third-order valence-electron chi connectivity index (χ3n) is 3.57. The van der Waals surface area contributed by atoms with Crippen LogP contribution in [0.25, 0.3) is 0 Å². The van der Waals surface area contributed by atoms with E-state index in [2.05, 4.69) is 10.1 Å². The molecule has 3 rings (SSSR count). The Morgan fingerprint density at radius 2 is 2.04 bits per heavy atom. The number of ether oxygens (including phenoxy) is 3. The van der Waals surface area contributed by atoms with Gasteiger partial charge < -0.3 is 14.2 Å². The zero-order chi connectivity index (χ0) is 16.3. The number of benzene rings is 1. The van der Waals surface area contributed by atoms with Crippen molar-refractivity contribution < 1.29 is 19.0 Å². The highest BCUT2D eigenvalue weighted by Gasteiger charge is 2.42. The highest BCUT2D eigenvalue weighted by atomic mass is 35.5. The van der Waals surface area contributed by atoms with E-state index in [-0.39, 0.29) is 25.8 Å². The van der Waals surface area contributed by atoms with Gasteiger partial charge >= 0.3 is 0 Å². The first-order valence-electron chi connectivity index (χ1n) is 7.05. The van der Waals surface area contributed by atoms with Crippen molar-refractivity contribution in [3.05, 3.63) is 41.9 Å². The molecule has 0 radical (unpaired) electrons. The molecule has 1 aromatic carbocycles. The quantitative estimate of drug-likeness (QED) is 0.831. The van der Waals surface area contributed by atoms with Crippen LogP contribution in [0.4, 0.5) is 0 Å². The monoisotopic (exact) mass is 337 g/mol. The summed E-state index contributed by atoms with van der Waals surface area (Å²) in [5.41, 5.74) is -0.818. The fourth-order valence-electron chi connectivity index (χ4n) is 2.28. The molecule has 2 aromatic rings. The number of carbonyl (C=O) groups excluding carboxylic acids is 1. The lowest BCUT2D eigenvalue weighted by Crippen LogP contribution is -2.46. The molecule has 1 saturated heterocycles. The highest BCUT2D eigenvalue weighted by Crippen LogP contribution is 2.30. The first-order chi connectivity index (χ1) is 11.1. The van der Waals surface area contributed by atoms with Crippen LogP contribution >= 0.6 is 11.6 Å². The minimum atomic E-state index is -0.964. The van der Waals surface area contributed by atoms with E-state index in [1.807, 2.05) is 0 Å². The molecule has 122 valence electrons. The molecule has 0 aliphatic carbocycles. The van der Waals surface area contributed by atoms with E-state index in [4.69, 9.17) is 25.8 Å². The number of ketones is 1. The van der Waals surface area contributed by atoms with Crippen molar-refractivity contribution in [3.8, 4) is 5.75 Å². The predicted molar refractivity (Wildman–Crippen MR) is 81.0 cm³/mol. The number of carbonyl (C=O) groups is 1. The number of Topliss-reactive ketones (excluding diaryl/α,β-unsaturated/α-hetero) is 1. The minimum Gasteiger partial charge on any atom is -0.461 e. The Kier molecular flexibility index (Phi) is 4.61. The predicted octanol–water partition coefficient (Wildman–Crippen LogP) is 2.09. The maximum atomic E-state index is 13.0. The summed E-state index contributed by atoms with van der Waals surface area (Å²) in [6.07, 6.45) is 1.82. The minimum absolute atomic E-state index is 0.189. The molecule has 1 aliphatic heterocycles. The molecular weight excluding hydrogens is 322 g/mol. The molecule has 2 heterocycles. The van der Waals surface area contributed by atoms with Gasteiger partial charge in [-0.05, 0) is 31.2 Å². The summed E-state index contributed by atoms with van der Waals surface area (Å²) in [6.45, 7) is 2.50. The summed E-state index contributed by atoms with van der Waals surface area (Å²) in [7, 11) is 0. The van der Waals surface area contributed by atoms with Gasteiger partial charge in [-0.3, -0.25) is 4.79 Å². The first-order valence-corrected chi connectivity index (χ1v) is 7.42. The van der Waals surface area contributed by atoms with Gasteiger partial charge in [-0.25, -0.2) is 9.67 Å². The molecule has 0 spiro atoms. The van der Waals surface area contributed by atoms with E-state index in [1.54, 1.807) is 31.2 Å². The lowest BCUT2D eigenvalue weighted by atomic mass is 9.86. The molecule has 0 N–H and O–H groups in total. The maximum Gasteiger partial charge on any atom is 0.252 e. The van der Waals surface area contributed by atoms with Gasteiger partial charge in [0.2, 0.25) is 5.78 Å². The van der Waals surface area contributed by atoms with E-state index in [0.29, 0.717) is 10.8 Å². The molecule has 0 unspecified atom stereocenters. The first kappa shape index (κ1) is 15.9. The molecular formula is C15H16ClN3O4. The number of hydrogen-bond donors (Lipinski definition) is 0. The lowest BCUT2D eigenvalue weighted by Gasteiger charge is -2.34. The average Bonchev–Trinajstić information content (AvgIpc) is 3.08. The molecule has 8 heteroatoms. The van der Waals surface area contributed by atoms with Crippen LogP contribution < -0.4 is 4.74 Å². The van der Waals surface area contributed by atoms with Gasteiger partial charge in [0.05, 0.1) is 18.6 Å². The van der Waals surface area contributed by atoms with Crippen molar-refractivity contribution in [1.82, 2.24) is 14.8 Å². The van der Waals surface area contributed by atoms with E-state index >= 15 is 0 Å². The van der Waals surface area contributed by atoms with Crippen molar-refractivity contribution in [2.45, 2.75) is 13.2 Å². The highest BCUT2D eigenvalue weighted by molar-refractivity contribution is 6.30. The number of halogens is 1. The fourth-order valence-corrected chi connectivity index (χ4v) is 2.41. The van der Waals surface area contributed by atoms with E-state index < -0.39 is 11.6 Å². The van der Waals surface area contributed by atoms with Crippen LogP contribution in [0.3, 0.4) is 0 Å². The van der Waals surface area contributed by atoms with Crippen LogP contribution in [0.1, 0.15) is 13.2 Å². The van der Waals surface area contributed by atoms with Crippen LogP contribution in [-0.2, 0) is 14.3 Å². The molecule has 1 fully saturated rings. The third kappa shape index (κ3) is 3.52. The standard InChI is InChI=1S/C15H16ClN3O4/c1-15(6-21-10-22-7-15)13(20)14(19-9-17-8-18-19)23-12-4-2-11(16)3-5-12/h2-5,8-9,14H,6-7,10H2,1H3/t14-/m1/s1. The Balaban J connectivity index is 1.86. The van der Waals surface area contributed by atoms with Crippen LogP contribution in [0.2, 0.25) is 5.02 Å². The largest absolute Gasteiger partial charge is 0.461 e. The Hall–Kier alpha value is -1.96. The number of hydrogen-bond acceptors (Lipinski definition) is 6. The van der Waals surface area contributed by atoms with Gasteiger partial charge in [0.15, 0.2) is 0 Å². The van der Waals surface area contributed by atoms with Gasteiger partial charge in [-0.15, -0.1) is 0 Å². The van der Waals surface area contributed by atoms with Gasteiger partial charge in [0.1, 0.15) is 25.2 Å². The number of nitrogens with zero attached hydrogens (tertiary/aromatic N) is 3. The fraction of sp³-hybridized carbons (Fsp3) is 0.400. The van der Waals surface area contributed by atoms with Crippen LogP contribution in [0.5, 0.6) is 5.75 Å². The summed E-state index contributed by atoms with van der Waals surface area (Å²) in [5, 5.41) is 4.61. The van der Waals surface area contributed by atoms with Crippen molar-refractivity contribution in [2.24, 2.45) is 5.41 Å². The molecule has 1 aromatic heterocycles. The molecule has 7 nitrogen and oxygen atoms in total. The van der Waals surface area contributed by atoms with Crippen molar-refractivity contribution in [3.63, 3.8) is 0 Å². The molecule has 1 aliphatic rings. The summed E-state index contributed by atoms with van der Waals surface area (Å²) >= 11 is 5.87. The second-order valence-electron chi connectivity index (χ2n) is 5.54. The Morgan fingerprint density at radius 3 is 2.65 bits per heavy atom. The van der Waals surface area contributed by atoms with Crippen molar-refractivity contribution in [1.29, 1.82) is 0 Å². The zero-order valence-electron chi connectivity index (χ0n) is 12.5. The summed E-state index contributed by atoms with van der Waals surface area (Å²) in [4.78, 5) is 16.9. The zero-order valence-corrected chi connectivity index (χ0v) is 13.3. The smallest absolute Gasteiger partial charge is 0.252 e. The summed E-state index contributed by atoms with van der Waals surface area (Å²) < 4.78 is 17.8. The Bertz CT molecular complexity index is 654. The van der Waals surface area contributed by atoms with Gasteiger partial charge in [-0.1, -0.05) is 11.6 Å². The maximum absolute atomic E-state index is 13.0. The second kappa shape index (κ2) is 6.66. The van der Waals surface area contributed by atoms with Gasteiger partial charge in [0, 0.05) is 5.02 Å². The average molecular weight is 338 g/mol. The van der Waals surface area contributed by atoms with Gasteiger partial charge in [0.25, 0.3) is 6.23 Å². The number of rotatable bonds is 5. The van der Waals surface area contributed by atoms with Crippen LogP contribution in [0, 0.1) is 5.41 Å². The molecule has 0 saturated carbocycles. The van der Waals surface area contributed by atoms with Gasteiger partial charge in [-0.2, -0.15) is 5.10 Å². The number of aromatic nitrogens is 3. The third-order valence-corrected chi connectivity index (χ3v) is 3.82. The topological polar surface area (TPSA) is 75.5 Å². The van der Waals surface area contributed by atoms with Crippen molar-refractivity contribution in [2.75, 3.05) is 20.0 Å². The lowest BCUT2D eigenvalue weighted by molar-refractivity contribution is -0.180. The van der Waals surface area contributed by atoms with E-state index in [1.165, 1.54) is 17.3 Å². The Labute approximate surface area is 138 Å². The molecule has 1 atom stereocenters. The Morgan fingerprint density at radius 1 is 1.35 bits per heavy atom. The summed E-state index contributed by atoms with van der Waals surface area (Å²) in [6, 6.07) is 6.76. The normalized spacial score (nSPS) is 18.3. The van der Waals surface area contributed by atoms with Crippen molar-refractivity contribution >= 4 is 17.4 Å². The molecule has 23 heavy (non-hydrogen) atoms. The summed E-state index contributed by atoms with van der Waals surface area (Å²) in [5.74, 6) is 0.308. The SMILES string of the molecule is CC1(C(=O)[C@@H](Oc2ccc(Cl)cc2)n2cncn2)COCOC1. The van der Waals surface area contributed by atoms with Crippen LogP contribution in [0.15, 0.2) is 36.9 Å². The van der Waals surface area contributed by atoms with Crippen LogP contribution in [-0.4, -0.2) is 40.6 Å². The van der Waals surface area contributed by atoms with E-state index in [0.717, 1.165) is 0 Å². The molecule has 0 bridgehead atoms.